The summed E-state index contributed by atoms with van der Waals surface area (Å²) in [4.78, 5) is 0. The van der Waals surface area contributed by atoms with Gasteiger partial charge >= 0.3 is 0 Å². The minimum Gasteiger partial charge on any atom is -0.472 e. The summed E-state index contributed by atoms with van der Waals surface area (Å²) in [5.41, 5.74) is 4.46. The van der Waals surface area contributed by atoms with E-state index in [-0.39, 0.29) is 0 Å². The van der Waals surface area contributed by atoms with Crippen molar-refractivity contribution in [3.63, 3.8) is 0 Å². The van der Waals surface area contributed by atoms with Crippen LogP contribution in [-0.4, -0.2) is 5.11 Å². The van der Waals surface area contributed by atoms with Gasteiger partial charge in [-0.05, 0) is 31.0 Å². The Morgan fingerprint density at radius 3 is 2.75 bits per heavy atom. The highest BCUT2D eigenvalue weighted by Crippen LogP contribution is 2.21. The molecule has 0 aliphatic rings. The van der Waals surface area contributed by atoms with Crippen LogP contribution >= 0.6 is 0 Å². The lowest BCUT2D eigenvalue weighted by Gasteiger charge is -2.11. The Balaban J connectivity index is 2.17. The molecule has 0 spiro atoms. The summed E-state index contributed by atoms with van der Waals surface area (Å²) in [5.74, 6) is 0. The lowest BCUT2D eigenvalue weighted by molar-refractivity contribution is 0.177. The SMILES string of the molecule is Cc1ccc(C)c(CC(O)c2ccoc2)c1. The molecule has 84 valence electrons. The van der Waals surface area contributed by atoms with Crippen LogP contribution in [0.1, 0.15) is 28.4 Å². The summed E-state index contributed by atoms with van der Waals surface area (Å²) >= 11 is 0. The quantitative estimate of drug-likeness (QED) is 0.854. The van der Waals surface area contributed by atoms with Crippen molar-refractivity contribution < 1.29 is 9.52 Å². The molecule has 1 N–H and O–H groups in total. The summed E-state index contributed by atoms with van der Waals surface area (Å²) in [6.45, 7) is 4.13. The molecular weight excluding hydrogens is 200 g/mol. The van der Waals surface area contributed by atoms with Crippen LogP contribution in [0.5, 0.6) is 0 Å². The Labute approximate surface area is 95.5 Å². The van der Waals surface area contributed by atoms with Gasteiger partial charge in [-0.2, -0.15) is 0 Å². The van der Waals surface area contributed by atoms with Gasteiger partial charge in [0.15, 0.2) is 0 Å². The van der Waals surface area contributed by atoms with Gasteiger partial charge in [0.1, 0.15) is 0 Å². The largest absolute Gasteiger partial charge is 0.472 e. The van der Waals surface area contributed by atoms with Crippen molar-refractivity contribution in [3.8, 4) is 0 Å². The van der Waals surface area contributed by atoms with Gasteiger partial charge in [0.2, 0.25) is 0 Å². The maximum atomic E-state index is 10.0. The maximum Gasteiger partial charge on any atom is 0.0960 e. The van der Waals surface area contributed by atoms with Crippen molar-refractivity contribution in [2.45, 2.75) is 26.4 Å². The lowest BCUT2D eigenvalue weighted by Crippen LogP contribution is -2.02. The van der Waals surface area contributed by atoms with Crippen LogP contribution in [0.25, 0.3) is 0 Å². The van der Waals surface area contributed by atoms with E-state index in [1.165, 1.54) is 16.7 Å². The van der Waals surface area contributed by atoms with E-state index in [1.807, 2.05) is 0 Å². The summed E-state index contributed by atoms with van der Waals surface area (Å²) in [6, 6.07) is 8.10. The highest BCUT2D eigenvalue weighted by atomic mass is 16.3. The first kappa shape index (κ1) is 11.0. The molecule has 0 bridgehead atoms. The first-order valence-electron chi connectivity index (χ1n) is 5.43. The summed E-state index contributed by atoms with van der Waals surface area (Å²) in [6.07, 6.45) is 3.32. The van der Waals surface area contributed by atoms with Crippen LogP contribution in [0.4, 0.5) is 0 Å². The third kappa shape index (κ3) is 2.34. The van der Waals surface area contributed by atoms with Gasteiger partial charge in [-0.3, -0.25) is 0 Å². The second-order valence-electron chi connectivity index (χ2n) is 4.21. The molecule has 16 heavy (non-hydrogen) atoms. The van der Waals surface area contributed by atoms with Crippen LogP contribution in [0.2, 0.25) is 0 Å². The number of furan rings is 1. The highest BCUT2D eigenvalue weighted by Gasteiger charge is 2.11. The molecule has 1 aromatic carbocycles. The third-order valence-electron chi connectivity index (χ3n) is 2.85. The fraction of sp³-hybridized carbons (Fsp3) is 0.286. The molecular formula is C14H16O2. The molecule has 0 aliphatic heterocycles. The van der Waals surface area contributed by atoms with Gasteiger partial charge in [0.05, 0.1) is 18.6 Å². The van der Waals surface area contributed by atoms with Gasteiger partial charge in [-0.25, -0.2) is 0 Å². The molecule has 1 unspecified atom stereocenters. The minimum atomic E-state index is -0.487. The monoisotopic (exact) mass is 216 g/mol. The molecule has 2 nitrogen and oxygen atoms in total. The van der Waals surface area contributed by atoms with Gasteiger partial charge in [-0.15, -0.1) is 0 Å². The Hall–Kier alpha value is -1.54. The fourth-order valence-corrected chi connectivity index (χ4v) is 1.81. The normalized spacial score (nSPS) is 12.7. The van der Waals surface area contributed by atoms with Crippen LogP contribution in [0.15, 0.2) is 41.2 Å². The molecule has 1 heterocycles. The first-order chi connectivity index (χ1) is 7.66. The maximum absolute atomic E-state index is 10.0. The Morgan fingerprint density at radius 1 is 1.25 bits per heavy atom. The van der Waals surface area contributed by atoms with E-state index in [0.717, 1.165) is 5.56 Å². The van der Waals surface area contributed by atoms with Crippen molar-refractivity contribution in [2.24, 2.45) is 0 Å². The van der Waals surface area contributed by atoms with E-state index in [9.17, 15) is 5.11 Å². The van der Waals surface area contributed by atoms with Crippen molar-refractivity contribution in [2.75, 3.05) is 0 Å². The van der Waals surface area contributed by atoms with E-state index in [0.29, 0.717) is 6.42 Å². The smallest absolute Gasteiger partial charge is 0.0960 e. The van der Waals surface area contributed by atoms with Crippen LogP contribution in [0.3, 0.4) is 0 Å². The molecule has 0 aliphatic carbocycles. The molecule has 2 heteroatoms. The predicted octanol–water partition coefficient (Wildman–Crippen LogP) is 3.17. The molecule has 0 fully saturated rings. The summed E-state index contributed by atoms with van der Waals surface area (Å²) in [7, 11) is 0. The fourth-order valence-electron chi connectivity index (χ4n) is 1.81. The van der Waals surface area contributed by atoms with Gasteiger partial charge in [0, 0.05) is 12.0 Å². The van der Waals surface area contributed by atoms with Crippen molar-refractivity contribution in [1.29, 1.82) is 0 Å². The van der Waals surface area contributed by atoms with Gasteiger partial charge in [0.25, 0.3) is 0 Å². The van der Waals surface area contributed by atoms with Crippen LogP contribution in [0, 0.1) is 13.8 Å². The van der Waals surface area contributed by atoms with E-state index >= 15 is 0 Å². The van der Waals surface area contributed by atoms with Crippen molar-refractivity contribution in [3.05, 3.63) is 59.0 Å². The lowest BCUT2D eigenvalue weighted by atomic mass is 9.98. The van der Waals surface area contributed by atoms with E-state index in [4.69, 9.17) is 4.42 Å². The molecule has 2 aromatic rings. The van der Waals surface area contributed by atoms with E-state index < -0.39 is 6.10 Å². The highest BCUT2D eigenvalue weighted by molar-refractivity contribution is 5.31. The summed E-state index contributed by atoms with van der Waals surface area (Å²) in [5, 5.41) is 10.0. The first-order valence-corrected chi connectivity index (χ1v) is 5.43. The number of aliphatic hydroxyl groups is 1. The molecule has 0 saturated carbocycles. The molecule has 2 rings (SSSR count). The van der Waals surface area contributed by atoms with Gasteiger partial charge in [-0.1, -0.05) is 23.8 Å². The zero-order valence-corrected chi connectivity index (χ0v) is 9.60. The number of hydrogen-bond donors (Lipinski definition) is 1. The molecule has 0 saturated heterocycles. The van der Waals surface area contributed by atoms with Crippen molar-refractivity contribution in [1.82, 2.24) is 0 Å². The molecule has 0 radical (unpaired) electrons. The Morgan fingerprint density at radius 2 is 2.06 bits per heavy atom. The average Bonchev–Trinajstić information content (AvgIpc) is 2.76. The Bertz CT molecular complexity index is 458. The van der Waals surface area contributed by atoms with E-state index in [2.05, 4.69) is 32.0 Å². The zero-order valence-electron chi connectivity index (χ0n) is 9.60. The van der Waals surface area contributed by atoms with Gasteiger partial charge < -0.3 is 9.52 Å². The number of aryl methyl sites for hydroxylation is 2. The number of rotatable bonds is 3. The number of aliphatic hydroxyl groups excluding tert-OH is 1. The summed E-state index contributed by atoms with van der Waals surface area (Å²) < 4.78 is 4.97. The van der Waals surface area contributed by atoms with Crippen LogP contribution < -0.4 is 0 Å². The zero-order chi connectivity index (χ0) is 11.5. The third-order valence-corrected chi connectivity index (χ3v) is 2.85. The number of benzene rings is 1. The standard InChI is InChI=1S/C14H16O2/c1-10-3-4-11(2)13(7-10)8-14(15)12-5-6-16-9-12/h3-7,9,14-15H,8H2,1-2H3. The molecule has 1 atom stereocenters. The molecule has 1 aromatic heterocycles. The minimum absolute atomic E-state index is 0.487. The number of hydrogen-bond acceptors (Lipinski definition) is 2. The predicted molar refractivity (Wildman–Crippen MR) is 63.3 cm³/mol. The average molecular weight is 216 g/mol. The topological polar surface area (TPSA) is 33.4 Å². The second-order valence-corrected chi connectivity index (χ2v) is 4.21. The Kier molecular flexibility index (Phi) is 3.11. The van der Waals surface area contributed by atoms with Crippen molar-refractivity contribution >= 4 is 0 Å². The second kappa shape index (κ2) is 4.54. The molecule has 0 amide bonds. The van der Waals surface area contributed by atoms with E-state index in [1.54, 1.807) is 18.6 Å². The van der Waals surface area contributed by atoms with Crippen LogP contribution in [-0.2, 0) is 6.42 Å².